The second kappa shape index (κ2) is 9.49. The Morgan fingerprint density at radius 1 is 0.929 bits per heavy atom. The van der Waals surface area contributed by atoms with Gasteiger partial charge in [-0.3, -0.25) is 4.79 Å². The summed E-state index contributed by atoms with van der Waals surface area (Å²) in [5, 5.41) is 3.95. The van der Waals surface area contributed by atoms with Crippen molar-refractivity contribution in [1.82, 2.24) is 0 Å². The molecule has 1 amide bonds. The number of hydrogen-bond acceptors (Lipinski definition) is 3. The van der Waals surface area contributed by atoms with Crippen molar-refractivity contribution in [3.8, 4) is 17.2 Å². The van der Waals surface area contributed by atoms with Crippen LogP contribution < -0.4 is 14.8 Å². The van der Waals surface area contributed by atoms with E-state index < -0.39 is 6.10 Å². The summed E-state index contributed by atoms with van der Waals surface area (Å²) in [5.41, 5.74) is 0.472. The molecule has 3 aromatic rings. The fourth-order valence-corrected chi connectivity index (χ4v) is 2.82. The van der Waals surface area contributed by atoms with Crippen LogP contribution >= 0.6 is 23.2 Å². The highest BCUT2D eigenvalue weighted by molar-refractivity contribution is 6.31. The first kappa shape index (κ1) is 20.1. The Balaban J connectivity index is 1.76. The average Bonchev–Trinajstić information content (AvgIpc) is 2.70. The maximum Gasteiger partial charge on any atom is 0.265 e. The lowest BCUT2D eigenvalue weighted by molar-refractivity contribution is -0.122. The predicted octanol–water partition coefficient (Wildman–Crippen LogP) is 6.58. The summed E-state index contributed by atoms with van der Waals surface area (Å²) in [6.07, 6.45) is -0.186. The SMILES string of the molecule is CC[C@@H](Oc1ccc(Cl)cc1)C(=O)Nc1cc(Cl)ccc1Oc1ccccc1. The summed E-state index contributed by atoms with van der Waals surface area (Å²) in [5.74, 6) is 1.42. The fraction of sp³-hybridized carbons (Fsp3) is 0.136. The lowest BCUT2D eigenvalue weighted by Crippen LogP contribution is -2.32. The van der Waals surface area contributed by atoms with E-state index in [9.17, 15) is 4.79 Å². The molecule has 144 valence electrons. The lowest BCUT2D eigenvalue weighted by Gasteiger charge is -2.19. The highest BCUT2D eigenvalue weighted by Gasteiger charge is 2.20. The Morgan fingerprint density at radius 3 is 2.29 bits per heavy atom. The molecular formula is C22H19Cl2NO3. The molecule has 0 aliphatic rings. The van der Waals surface area contributed by atoms with Gasteiger partial charge in [0.05, 0.1) is 5.69 Å². The maximum atomic E-state index is 12.8. The van der Waals surface area contributed by atoms with Gasteiger partial charge >= 0.3 is 0 Å². The molecule has 0 unspecified atom stereocenters. The second-order valence-electron chi connectivity index (χ2n) is 6.01. The highest BCUT2D eigenvalue weighted by Crippen LogP contribution is 2.32. The van der Waals surface area contributed by atoms with Gasteiger partial charge < -0.3 is 14.8 Å². The van der Waals surface area contributed by atoms with Crippen LogP contribution in [0.15, 0.2) is 72.8 Å². The first-order valence-corrected chi connectivity index (χ1v) is 9.56. The lowest BCUT2D eigenvalue weighted by atomic mass is 10.2. The van der Waals surface area contributed by atoms with Gasteiger partial charge in [0.2, 0.25) is 0 Å². The van der Waals surface area contributed by atoms with Crippen LogP contribution in [0.25, 0.3) is 0 Å². The topological polar surface area (TPSA) is 47.6 Å². The number of ether oxygens (including phenoxy) is 2. The molecular weight excluding hydrogens is 397 g/mol. The van der Waals surface area contributed by atoms with Crippen molar-refractivity contribution < 1.29 is 14.3 Å². The normalized spacial score (nSPS) is 11.5. The van der Waals surface area contributed by atoms with E-state index in [1.807, 2.05) is 37.3 Å². The van der Waals surface area contributed by atoms with Gasteiger partial charge in [0.1, 0.15) is 11.5 Å². The third-order valence-corrected chi connectivity index (χ3v) is 4.41. The van der Waals surface area contributed by atoms with Gasteiger partial charge in [0.15, 0.2) is 11.9 Å². The van der Waals surface area contributed by atoms with Crippen LogP contribution in [-0.2, 0) is 4.79 Å². The van der Waals surface area contributed by atoms with E-state index in [2.05, 4.69) is 5.32 Å². The molecule has 0 aromatic heterocycles. The molecule has 0 heterocycles. The van der Waals surface area contributed by atoms with Gasteiger partial charge in [-0.2, -0.15) is 0 Å². The molecule has 0 radical (unpaired) electrons. The zero-order valence-corrected chi connectivity index (χ0v) is 16.7. The van der Waals surface area contributed by atoms with Crippen LogP contribution in [0.5, 0.6) is 17.2 Å². The van der Waals surface area contributed by atoms with E-state index >= 15 is 0 Å². The van der Waals surface area contributed by atoms with Crippen molar-refractivity contribution in [2.75, 3.05) is 5.32 Å². The Hall–Kier alpha value is -2.69. The smallest absolute Gasteiger partial charge is 0.265 e. The van der Waals surface area contributed by atoms with E-state index in [0.29, 0.717) is 39.4 Å². The number of anilines is 1. The van der Waals surface area contributed by atoms with E-state index in [-0.39, 0.29) is 5.91 Å². The Kier molecular flexibility index (Phi) is 6.80. The first-order valence-electron chi connectivity index (χ1n) is 8.80. The Bertz CT molecular complexity index is 930. The van der Waals surface area contributed by atoms with E-state index in [1.54, 1.807) is 42.5 Å². The number of carbonyl (C=O) groups excluding carboxylic acids is 1. The number of benzene rings is 3. The summed E-state index contributed by atoms with van der Waals surface area (Å²) in [6.45, 7) is 1.87. The molecule has 3 rings (SSSR count). The highest BCUT2D eigenvalue weighted by atomic mass is 35.5. The van der Waals surface area contributed by atoms with Gasteiger partial charge in [-0.15, -0.1) is 0 Å². The van der Waals surface area contributed by atoms with Crippen molar-refractivity contribution in [3.05, 3.63) is 82.8 Å². The molecule has 1 atom stereocenters. The van der Waals surface area contributed by atoms with Gasteiger partial charge in [0, 0.05) is 10.0 Å². The minimum absolute atomic E-state index is 0.294. The number of carbonyl (C=O) groups is 1. The standard InChI is InChI=1S/C22H19Cl2NO3/c1-2-20(27-18-11-8-15(23)9-12-18)22(26)25-19-14-16(24)10-13-21(19)28-17-6-4-3-5-7-17/h3-14,20H,2H2,1H3,(H,25,26)/t20-/m1/s1. The van der Waals surface area contributed by atoms with E-state index in [0.717, 1.165) is 0 Å². The van der Waals surface area contributed by atoms with E-state index in [1.165, 1.54) is 0 Å². The molecule has 0 aliphatic heterocycles. The molecule has 0 saturated heterocycles. The number of amides is 1. The zero-order valence-electron chi connectivity index (χ0n) is 15.2. The van der Waals surface area contributed by atoms with Crippen LogP contribution in [-0.4, -0.2) is 12.0 Å². The largest absolute Gasteiger partial charge is 0.481 e. The fourth-order valence-electron chi connectivity index (χ4n) is 2.52. The molecule has 0 aliphatic carbocycles. The summed E-state index contributed by atoms with van der Waals surface area (Å²) in [7, 11) is 0. The minimum atomic E-state index is -0.676. The predicted molar refractivity (Wildman–Crippen MR) is 113 cm³/mol. The molecule has 6 heteroatoms. The van der Waals surface area contributed by atoms with Crippen molar-refractivity contribution in [2.24, 2.45) is 0 Å². The summed E-state index contributed by atoms with van der Waals surface area (Å²) in [6, 6.07) is 21.2. The van der Waals surface area contributed by atoms with Gasteiger partial charge in [-0.1, -0.05) is 48.3 Å². The molecule has 0 spiro atoms. The molecule has 3 aromatic carbocycles. The van der Waals surface area contributed by atoms with Gasteiger partial charge in [-0.25, -0.2) is 0 Å². The summed E-state index contributed by atoms with van der Waals surface area (Å²) in [4.78, 5) is 12.8. The molecule has 0 saturated carbocycles. The third-order valence-electron chi connectivity index (χ3n) is 3.93. The average molecular weight is 416 g/mol. The van der Waals surface area contributed by atoms with Gasteiger partial charge in [0.25, 0.3) is 5.91 Å². The Labute approximate surface area is 174 Å². The quantitative estimate of drug-likeness (QED) is 0.473. The summed E-state index contributed by atoms with van der Waals surface area (Å²) < 4.78 is 11.7. The van der Waals surface area contributed by atoms with Gasteiger partial charge in [-0.05, 0) is 61.0 Å². The van der Waals surface area contributed by atoms with Crippen LogP contribution in [0.4, 0.5) is 5.69 Å². The van der Waals surface area contributed by atoms with Crippen LogP contribution in [0.3, 0.4) is 0 Å². The van der Waals surface area contributed by atoms with E-state index in [4.69, 9.17) is 32.7 Å². The molecule has 28 heavy (non-hydrogen) atoms. The number of nitrogens with one attached hydrogen (secondary N) is 1. The minimum Gasteiger partial charge on any atom is -0.481 e. The second-order valence-corrected chi connectivity index (χ2v) is 6.89. The van der Waals surface area contributed by atoms with Crippen LogP contribution in [0.2, 0.25) is 10.0 Å². The molecule has 1 N–H and O–H groups in total. The Morgan fingerprint density at radius 2 is 1.61 bits per heavy atom. The first-order chi connectivity index (χ1) is 13.5. The van der Waals surface area contributed by atoms with Crippen LogP contribution in [0, 0.1) is 0 Å². The third kappa shape index (κ3) is 5.41. The number of rotatable bonds is 7. The van der Waals surface area contributed by atoms with Crippen LogP contribution in [0.1, 0.15) is 13.3 Å². The van der Waals surface area contributed by atoms with Crippen molar-refractivity contribution in [3.63, 3.8) is 0 Å². The molecule has 4 nitrogen and oxygen atoms in total. The zero-order chi connectivity index (χ0) is 19.9. The molecule has 0 bridgehead atoms. The maximum absolute atomic E-state index is 12.8. The van der Waals surface area contributed by atoms with Crippen molar-refractivity contribution in [1.29, 1.82) is 0 Å². The number of halogens is 2. The summed E-state index contributed by atoms with van der Waals surface area (Å²) >= 11 is 12.0. The van der Waals surface area contributed by atoms with Crippen molar-refractivity contribution in [2.45, 2.75) is 19.4 Å². The number of hydrogen-bond donors (Lipinski definition) is 1. The number of para-hydroxylation sites is 1. The monoisotopic (exact) mass is 415 g/mol. The molecule has 0 fully saturated rings. The van der Waals surface area contributed by atoms with Crippen molar-refractivity contribution >= 4 is 34.8 Å².